The van der Waals surface area contributed by atoms with E-state index in [9.17, 15) is 19.5 Å². The second-order valence-electron chi connectivity index (χ2n) is 20.3. The minimum absolute atomic E-state index is 0.0576. The molecule has 6 saturated carbocycles. The lowest BCUT2D eigenvalue weighted by Crippen LogP contribution is -2.67. The molecule has 276 valence electrons. The highest BCUT2D eigenvalue weighted by Crippen LogP contribution is 2.78. The van der Waals surface area contributed by atoms with Crippen molar-refractivity contribution in [2.45, 2.75) is 170 Å². The third kappa shape index (κ3) is 5.82. The zero-order valence-corrected chi connectivity index (χ0v) is 32.1. The molecule has 0 bridgehead atoms. The van der Waals surface area contributed by atoms with Crippen molar-refractivity contribution < 1.29 is 24.2 Å². The number of carboxylic acid groups (broad SMARTS) is 1. The Kier molecular flexibility index (Phi) is 9.31. The molecule has 0 aromatic carbocycles. The van der Waals surface area contributed by atoms with E-state index in [0.717, 1.165) is 57.8 Å². The smallest absolute Gasteiger partial charge is 0.309 e. The molecule has 0 heterocycles. The van der Waals surface area contributed by atoms with E-state index in [1.54, 1.807) is 13.8 Å². The summed E-state index contributed by atoms with van der Waals surface area (Å²) in [5.41, 5.74) is 6.77. The number of nitrogens with one attached hydrogen (secondary N) is 1. The van der Waals surface area contributed by atoms with Crippen LogP contribution in [0.4, 0.5) is 0 Å². The number of nitrogens with two attached hydrogens (primary N) is 1. The van der Waals surface area contributed by atoms with Gasteiger partial charge in [-0.05, 0) is 155 Å². The molecule has 7 nitrogen and oxygen atoms in total. The zero-order valence-electron chi connectivity index (χ0n) is 32.1. The minimum Gasteiger partial charge on any atom is -0.481 e. The number of amides is 1. The van der Waals surface area contributed by atoms with Gasteiger partial charge in [-0.15, -0.1) is 0 Å². The number of allylic oxidation sites excluding steroid dienone is 1. The van der Waals surface area contributed by atoms with Crippen molar-refractivity contribution in [2.24, 2.45) is 67.8 Å². The molecule has 6 fully saturated rings. The van der Waals surface area contributed by atoms with E-state index in [4.69, 9.17) is 10.5 Å². The van der Waals surface area contributed by atoms with E-state index in [0.29, 0.717) is 36.0 Å². The molecule has 0 aromatic heterocycles. The summed E-state index contributed by atoms with van der Waals surface area (Å²) in [4.78, 5) is 38.5. The van der Waals surface area contributed by atoms with Crippen molar-refractivity contribution in [2.75, 3.05) is 0 Å². The van der Waals surface area contributed by atoms with Crippen LogP contribution >= 0.6 is 0 Å². The number of hydrogen-bond acceptors (Lipinski definition) is 5. The van der Waals surface area contributed by atoms with Gasteiger partial charge in [0.25, 0.3) is 0 Å². The lowest BCUT2D eigenvalue weighted by molar-refractivity contribution is -0.250. The topological polar surface area (TPSA) is 119 Å². The Balaban J connectivity index is 1.23. The molecule has 6 aliphatic carbocycles. The first kappa shape index (κ1) is 36.9. The van der Waals surface area contributed by atoms with Crippen LogP contribution in [0.25, 0.3) is 0 Å². The molecular formula is C42H68N2O5. The minimum atomic E-state index is -1.14. The molecule has 0 aliphatic heterocycles. The van der Waals surface area contributed by atoms with Crippen LogP contribution in [0.1, 0.15) is 152 Å². The van der Waals surface area contributed by atoms with E-state index >= 15 is 0 Å². The summed E-state index contributed by atoms with van der Waals surface area (Å²) < 4.78 is 6.18. The molecular weight excluding hydrogens is 612 g/mol. The average molecular weight is 681 g/mol. The van der Waals surface area contributed by atoms with Gasteiger partial charge in [0, 0.05) is 23.9 Å². The molecule has 0 spiro atoms. The molecule has 0 saturated heterocycles. The number of fused-ring (bicyclic) bond motifs is 7. The second-order valence-corrected chi connectivity index (χ2v) is 20.3. The first-order valence-electron chi connectivity index (χ1n) is 19.8. The fourth-order valence-electron chi connectivity index (χ4n) is 14.2. The van der Waals surface area contributed by atoms with Gasteiger partial charge >= 0.3 is 11.9 Å². The third-order valence-electron chi connectivity index (χ3n) is 17.0. The van der Waals surface area contributed by atoms with E-state index in [2.05, 4.69) is 53.4 Å². The summed E-state index contributed by atoms with van der Waals surface area (Å²) >= 11 is 0. The zero-order chi connectivity index (χ0) is 35.9. The number of hydrogen-bond donors (Lipinski definition) is 3. The van der Waals surface area contributed by atoms with Crippen LogP contribution in [0.3, 0.4) is 0 Å². The quantitative estimate of drug-likeness (QED) is 0.175. The van der Waals surface area contributed by atoms with Crippen molar-refractivity contribution in [1.82, 2.24) is 5.32 Å². The maximum Gasteiger partial charge on any atom is 0.309 e. The second kappa shape index (κ2) is 12.4. The summed E-state index contributed by atoms with van der Waals surface area (Å²) in [6.45, 7) is 22.4. The van der Waals surface area contributed by atoms with Gasteiger partial charge in [0.2, 0.25) is 5.91 Å². The van der Waals surface area contributed by atoms with Crippen LogP contribution in [-0.4, -0.2) is 41.1 Å². The summed E-state index contributed by atoms with van der Waals surface area (Å²) in [6.07, 6.45) is 14.5. The SMILES string of the molecule is C=C(C)[C@@H]1CC[C@]2(CC(=O)N[C@H]3CC[C@H](N)C3)CC[C@]3(C)[C@H](CC[C@@H]4[C@@]5(C)CC[C@H](OC(=O)CC(C)(C)C(=O)O)C(C)(C)[C@@H]5CC[C@]43C)[C@@H]12. The number of aliphatic carboxylic acids is 1. The van der Waals surface area contributed by atoms with E-state index < -0.39 is 17.4 Å². The maximum atomic E-state index is 13.7. The van der Waals surface area contributed by atoms with Gasteiger partial charge in [-0.3, -0.25) is 14.4 Å². The van der Waals surface area contributed by atoms with Crippen LogP contribution in [0.5, 0.6) is 0 Å². The number of carbonyl (C=O) groups is 3. The summed E-state index contributed by atoms with van der Waals surface area (Å²) in [5, 5.41) is 13.0. The molecule has 6 aliphatic rings. The number of carbonyl (C=O) groups excluding carboxylic acids is 2. The molecule has 0 aromatic rings. The molecule has 7 heteroatoms. The lowest BCUT2D eigenvalue weighted by Gasteiger charge is -2.73. The molecule has 6 rings (SSSR count). The third-order valence-corrected chi connectivity index (χ3v) is 17.0. The lowest BCUT2D eigenvalue weighted by atomic mass is 9.32. The summed E-state index contributed by atoms with van der Waals surface area (Å²) in [5.74, 6) is 1.48. The van der Waals surface area contributed by atoms with E-state index in [1.165, 1.54) is 31.3 Å². The molecule has 4 N–H and O–H groups in total. The number of esters is 1. The van der Waals surface area contributed by atoms with Gasteiger partial charge < -0.3 is 20.9 Å². The largest absolute Gasteiger partial charge is 0.481 e. The molecule has 12 atom stereocenters. The number of ether oxygens (including phenoxy) is 1. The van der Waals surface area contributed by atoms with Gasteiger partial charge in [0.05, 0.1) is 11.8 Å². The Morgan fingerprint density at radius 3 is 2.22 bits per heavy atom. The highest BCUT2D eigenvalue weighted by molar-refractivity contribution is 5.81. The first-order chi connectivity index (χ1) is 22.7. The Bertz CT molecular complexity index is 1360. The summed E-state index contributed by atoms with van der Waals surface area (Å²) in [7, 11) is 0. The molecule has 0 radical (unpaired) electrons. The van der Waals surface area contributed by atoms with Crippen LogP contribution in [-0.2, 0) is 19.1 Å². The molecule has 0 unspecified atom stereocenters. The number of rotatable bonds is 8. The Morgan fingerprint density at radius 1 is 0.878 bits per heavy atom. The van der Waals surface area contributed by atoms with Gasteiger partial charge in [-0.1, -0.05) is 46.8 Å². The van der Waals surface area contributed by atoms with E-state index in [-0.39, 0.29) is 57.6 Å². The van der Waals surface area contributed by atoms with Crippen molar-refractivity contribution >= 4 is 17.8 Å². The Labute approximate surface area is 296 Å². The van der Waals surface area contributed by atoms with Gasteiger partial charge in [0.15, 0.2) is 0 Å². The maximum absolute atomic E-state index is 13.7. The van der Waals surface area contributed by atoms with Gasteiger partial charge in [-0.2, -0.15) is 0 Å². The number of carboxylic acids is 1. The van der Waals surface area contributed by atoms with Crippen molar-refractivity contribution in [3.8, 4) is 0 Å². The van der Waals surface area contributed by atoms with Crippen molar-refractivity contribution in [3.05, 3.63) is 12.2 Å². The molecule has 1 amide bonds. The Hall–Kier alpha value is -1.89. The van der Waals surface area contributed by atoms with Crippen LogP contribution in [0, 0.1) is 62.1 Å². The van der Waals surface area contributed by atoms with Gasteiger partial charge in [0.1, 0.15) is 6.10 Å². The van der Waals surface area contributed by atoms with Crippen molar-refractivity contribution in [1.29, 1.82) is 0 Å². The van der Waals surface area contributed by atoms with E-state index in [1.807, 2.05) is 0 Å². The summed E-state index contributed by atoms with van der Waals surface area (Å²) in [6, 6.07) is 0.444. The van der Waals surface area contributed by atoms with Crippen molar-refractivity contribution in [3.63, 3.8) is 0 Å². The van der Waals surface area contributed by atoms with Crippen LogP contribution in [0.15, 0.2) is 12.2 Å². The Morgan fingerprint density at radius 2 is 1.59 bits per heavy atom. The highest BCUT2D eigenvalue weighted by atomic mass is 16.5. The fraction of sp³-hybridized carbons (Fsp3) is 0.881. The first-order valence-corrected chi connectivity index (χ1v) is 19.8. The predicted octanol–water partition coefficient (Wildman–Crippen LogP) is 8.44. The average Bonchev–Trinajstić information content (AvgIpc) is 3.57. The highest BCUT2D eigenvalue weighted by Gasteiger charge is 2.71. The van der Waals surface area contributed by atoms with Crippen LogP contribution in [0.2, 0.25) is 0 Å². The molecule has 49 heavy (non-hydrogen) atoms. The normalized spacial score (nSPS) is 45.7. The monoisotopic (exact) mass is 681 g/mol. The predicted molar refractivity (Wildman–Crippen MR) is 193 cm³/mol. The van der Waals surface area contributed by atoms with Gasteiger partial charge in [-0.25, -0.2) is 0 Å². The van der Waals surface area contributed by atoms with Crippen LogP contribution < -0.4 is 11.1 Å². The fourth-order valence-corrected chi connectivity index (χ4v) is 14.2. The standard InChI is InChI=1S/C42H68N2O5/c1-25(2)28-14-19-42(23-33(45)44-27-11-10-26(43)22-27)21-20-40(8)29(35(28)42)12-13-31-39(7)17-16-32(49-34(46)24-37(3,4)36(47)48)38(5,6)30(39)15-18-41(31,40)9/h26-32,35H,1,10-24,43H2,2-9H3,(H,44,45)(H,47,48)/t26-,27-,28-,29+,30-,31+,32-,35+,39-,40+,41+,42+/m0/s1.